The number of oxazole rings is 1. The molecule has 2 aromatic heterocycles. The molecule has 0 aliphatic carbocycles. The van der Waals surface area contributed by atoms with E-state index in [2.05, 4.69) is 34.1 Å². The lowest BCUT2D eigenvalue weighted by Gasteiger charge is -2.36. The molecule has 142 valence electrons. The Hall–Kier alpha value is -2.19. The second kappa shape index (κ2) is 8.01. The minimum absolute atomic E-state index is 0.208. The van der Waals surface area contributed by atoms with E-state index in [1.807, 2.05) is 7.05 Å². The van der Waals surface area contributed by atoms with Gasteiger partial charge >= 0.3 is 0 Å². The van der Waals surface area contributed by atoms with Gasteiger partial charge in [0.15, 0.2) is 5.69 Å². The smallest absolute Gasteiger partial charge is 0.273 e. The highest BCUT2D eigenvalue weighted by Crippen LogP contribution is 2.21. The molecule has 0 radical (unpaired) electrons. The lowest BCUT2D eigenvalue weighted by molar-refractivity contribution is 0.00671. The molecule has 1 saturated heterocycles. The van der Waals surface area contributed by atoms with Gasteiger partial charge in [0.2, 0.25) is 5.89 Å². The van der Waals surface area contributed by atoms with Gasteiger partial charge < -0.3 is 14.5 Å². The van der Waals surface area contributed by atoms with Crippen molar-refractivity contribution in [1.29, 1.82) is 0 Å². The van der Waals surface area contributed by atoms with Crippen molar-refractivity contribution in [3.05, 3.63) is 23.8 Å². The molecular weight excluding hydrogens is 334 g/mol. The van der Waals surface area contributed by atoms with Gasteiger partial charge in [-0.1, -0.05) is 13.8 Å². The number of amides is 1. The number of morpholine rings is 1. The maximum atomic E-state index is 12.6. The van der Waals surface area contributed by atoms with Crippen LogP contribution in [0.3, 0.4) is 0 Å². The normalized spacial score (nSPS) is 16.8. The van der Waals surface area contributed by atoms with Crippen LogP contribution in [-0.2, 0) is 11.8 Å². The molecule has 0 bridgehead atoms. The minimum Gasteiger partial charge on any atom is -0.440 e. The number of carbonyl (C=O) groups excluding carboxylic acids is 1. The molecule has 3 heterocycles. The van der Waals surface area contributed by atoms with E-state index in [-0.39, 0.29) is 11.9 Å². The van der Waals surface area contributed by atoms with Gasteiger partial charge in [0.25, 0.3) is 5.91 Å². The van der Waals surface area contributed by atoms with Crippen LogP contribution in [0.15, 0.2) is 16.8 Å². The van der Waals surface area contributed by atoms with Crippen LogP contribution < -0.4 is 5.32 Å². The average molecular weight is 361 g/mol. The predicted octanol–water partition coefficient (Wildman–Crippen LogP) is 1.47. The molecule has 1 amide bonds. The summed E-state index contributed by atoms with van der Waals surface area (Å²) >= 11 is 0. The van der Waals surface area contributed by atoms with Crippen molar-refractivity contribution in [3.8, 4) is 11.5 Å². The number of ether oxygens (including phenoxy) is 1. The Labute approximate surface area is 153 Å². The zero-order chi connectivity index (χ0) is 18.7. The summed E-state index contributed by atoms with van der Waals surface area (Å²) in [4.78, 5) is 19.4. The summed E-state index contributed by atoms with van der Waals surface area (Å²) < 4.78 is 12.8. The summed E-state index contributed by atoms with van der Waals surface area (Å²) in [6, 6.07) is 0.271. The maximum Gasteiger partial charge on any atom is 0.273 e. The van der Waals surface area contributed by atoms with E-state index >= 15 is 0 Å². The Morgan fingerprint density at radius 3 is 2.69 bits per heavy atom. The molecule has 1 aliphatic rings. The number of hydrogen-bond acceptors (Lipinski definition) is 6. The SMILES string of the molecule is Cc1oc(-c2cnn(C)c2)nc1C(=O)NCC(C(C)C)N1CCOCC1. The first kappa shape index (κ1) is 18.6. The first-order valence-electron chi connectivity index (χ1n) is 9.02. The van der Waals surface area contributed by atoms with Crippen LogP contribution >= 0.6 is 0 Å². The van der Waals surface area contributed by atoms with Crippen LogP contribution in [0.4, 0.5) is 0 Å². The summed E-state index contributed by atoms with van der Waals surface area (Å²) in [5, 5.41) is 7.13. The number of nitrogens with zero attached hydrogens (tertiary/aromatic N) is 4. The highest BCUT2D eigenvalue weighted by molar-refractivity contribution is 5.93. The van der Waals surface area contributed by atoms with Crippen LogP contribution in [0.25, 0.3) is 11.5 Å². The fourth-order valence-corrected chi connectivity index (χ4v) is 3.24. The van der Waals surface area contributed by atoms with E-state index in [4.69, 9.17) is 9.15 Å². The summed E-state index contributed by atoms with van der Waals surface area (Å²) in [6.07, 6.45) is 3.47. The monoisotopic (exact) mass is 361 g/mol. The molecule has 0 aromatic carbocycles. The third kappa shape index (κ3) is 4.13. The summed E-state index contributed by atoms with van der Waals surface area (Å²) in [6.45, 7) is 9.96. The Morgan fingerprint density at radius 1 is 1.35 bits per heavy atom. The Kier molecular flexibility index (Phi) is 5.73. The van der Waals surface area contributed by atoms with Crippen molar-refractivity contribution in [2.24, 2.45) is 13.0 Å². The zero-order valence-electron chi connectivity index (χ0n) is 15.9. The second-order valence-electron chi connectivity index (χ2n) is 7.00. The Morgan fingerprint density at radius 2 is 2.08 bits per heavy atom. The van der Waals surface area contributed by atoms with Gasteiger partial charge in [-0.05, 0) is 12.8 Å². The molecular formula is C18H27N5O3. The lowest BCUT2D eigenvalue weighted by Crippen LogP contribution is -2.51. The van der Waals surface area contributed by atoms with E-state index in [0.29, 0.717) is 29.8 Å². The van der Waals surface area contributed by atoms with Gasteiger partial charge in [-0.2, -0.15) is 5.10 Å². The molecule has 1 aliphatic heterocycles. The van der Waals surface area contributed by atoms with Gasteiger partial charge in [-0.25, -0.2) is 4.98 Å². The topological polar surface area (TPSA) is 85.4 Å². The molecule has 0 spiro atoms. The highest BCUT2D eigenvalue weighted by Gasteiger charge is 2.25. The van der Waals surface area contributed by atoms with Crippen molar-refractivity contribution in [1.82, 2.24) is 25.0 Å². The van der Waals surface area contributed by atoms with Gasteiger partial charge in [-0.3, -0.25) is 14.4 Å². The van der Waals surface area contributed by atoms with Gasteiger partial charge in [0, 0.05) is 38.9 Å². The van der Waals surface area contributed by atoms with E-state index in [1.165, 1.54) is 0 Å². The molecule has 2 aromatic rings. The largest absolute Gasteiger partial charge is 0.440 e. The highest BCUT2D eigenvalue weighted by atomic mass is 16.5. The summed E-state index contributed by atoms with van der Waals surface area (Å²) in [7, 11) is 1.82. The van der Waals surface area contributed by atoms with Gasteiger partial charge in [-0.15, -0.1) is 0 Å². The van der Waals surface area contributed by atoms with Crippen LogP contribution in [-0.4, -0.2) is 64.5 Å². The molecule has 0 saturated carbocycles. The summed E-state index contributed by atoms with van der Waals surface area (Å²) in [5.74, 6) is 1.14. The first-order valence-corrected chi connectivity index (χ1v) is 9.02. The van der Waals surface area contributed by atoms with Crippen LogP contribution in [0.1, 0.15) is 30.1 Å². The maximum absolute atomic E-state index is 12.6. The van der Waals surface area contributed by atoms with Gasteiger partial charge in [0.05, 0.1) is 25.0 Å². The molecule has 1 fully saturated rings. The molecule has 8 nitrogen and oxygen atoms in total. The zero-order valence-corrected chi connectivity index (χ0v) is 15.9. The number of hydrogen-bond donors (Lipinski definition) is 1. The van der Waals surface area contributed by atoms with Crippen molar-refractivity contribution in [3.63, 3.8) is 0 Å². The number of aryl methyl sites for hydroxylation is 2. The number of aromatic nitrogens is 3. The van der Waals surface area contributed by atoms with E-state index in [9.17, 15) is 4.79 Å². The van der Waals surface area contributed by atoms with E-state index in [0.717, 1.165) is 31.9 Å². The van der Waals surface area contributed by atoms with E-state index < -0.39 is 0 Å². The lowest BCUT2D eigenvalue weighted by atomic mass is 10.0. The fourth-order valence-electron chi connectivity index (χ4n) is 3.24. The quantitative estimate of drug-likeness (QED) is 0.839. The van der Waals surface area contributed by atoms with Crippen molar-refractivity contribution in [2.45, 2.75) is 26.8 Å². The molecule has 26 heavy (non-hydrogen) atoms. The third-order valence-corrected chi connectivity index (χ3v) is 4.72. The third-order valence-electron chi connectivity index (χ3n) is 4.72. The van der Waals surface area contributed by atoms with Crippen LogP contribution in [0.2, 0.25) is 0 Å². The average Bonchev–Trinajstić information content (AvgIpc) is 3.21. The molecule has 1 atom stereocenters. The standard InChI is InChI=1S/C18H27N5O3/c1-12(2)15(23-5-7-25-8-6-23)10-19-17(24)16-13(3)26-18(21-16)14-9-20-22(4)11-14/h9,11-12,15H,5-8,10H2,1-4H3,(H,19,24). The van der Waals surface area contributed by atoms with E-state index in [1.54, 1.807) is 24.0 Å². The Bertz CT molecular complexity index is 746. The Balaban J connectivity index is 1.66. The van der Waals surface area contributed by atoms with Crippen LogP contribution in [0.5, 0.6) is 0 Å². The van der Waals surface area contributed by atoms with Crippen molar-refractivity contribution in [2.75, 3.05) is 32.8 Å². The fraction of sp³-hybridized carbons (Fsp3) is 0.611. The molecule has 8 heteroatoms. The molecule has 1 unspecified atom stereocenters. The molecule has 3 rings (SSSR count). The predicted molar refractivity (Wildman–Crippen MR) is 96.8 cm³/mol. The number of rotatable bonds is 6. The molecule has 1 N–H and O–H groups in total. The number of carbonyl (C=O) groups is 1. The van der Waals surface area contributed by atoms with Crippen molar-refractivity contribution < 1.29 is 13.9 Å². The van der Waals surface area contributed by atoms with Gasteiger partial charge in [0.1, 0.15) is 5.76 Å². The first-order chi connectivity index (χ1) is 12.5. The number of nitrogens with one attached hydrogen (secondary N) is 1. The second-order valence-corrected chi connectivity index (χ2v) is 7.00. The van der Waals surface area contributed by atoms with Crippen LogP contribution in [0, 0.1) is 12.8 Å². The minimum atomic E-state index is -0.208. The summed E-state index contributed by atoms with van der Waals surface area (Å²) in [5.41, 5.74) is 1.08. The van der Waals surface area contributed by atoms with Crippen molar-refractivity contribution >= 4 is 5.91 Å².